The molecule has 1 fully saturated rings. The molecule has 6 nitrogen and oxygen atoms in total. The molecule has 2 heterocycles. The lowest BCUT2D eigenvalue weighted by molar-refractivity contribution is -0.123. The predicted octanol–water partition coefficient (Wildman–Crippen LogP) is 3.82. The van der Waals surface area contributed by atoms with Crippen molar-refractivity contribution in [2.45, 2.75) is 76.9 Å². The van der Waals surface area contributed by atoms with Crippen LogP contribution in [-0.4, -0.2) is 54.8 Å². The van der Waals surface area contributed by atoms with Crippen LogP contribution in [-0.2, 0) is 4.79 Å². The summed E-state index contributed by atoms with van der Waals surface area (Å²) in [6, 6.07) is 5.22. The third kappa shape index (κ3) is 6.88. The zero-order valence-electron chi connectivity index (χ0n) is 18.4. The second kappa shape index (κ2) is 12.2. The summed E-state index contributed by atoms with van der Waals surface area (Å²) in [6.07, 6.45) is 9.04. The summed E-state index contributed by atoms with van der Waals surface area (Å²) < 4.78 is 11.3. The smallest absolute Gasteiger partial charge is 0.220 e. The zero-order chi connectivity index (χ0) is 21.2. The molecule has 2 atom stereocenters. The number of ether oxygens (including phenoxy) is 2. The molecular weight excluding hydrogens is 380 g/mol. The van der Waals surface area contributed by atoms with Crippen molar-refractivity contribution in [1.82, 2.24) is 10.2 Å². The lowest BCUT2D eigenvalue weighted by Gasteiger charge is -2.29. The molecule has 0 spiro atoms. The molecule has 0 aromatic heterocycles. The van der Waals surface area contributed by atoms with E-state index >= 15 is 0 Å². The van der Waals surface area contributed by atoms with E-state index in [9.17, 15) is 9.90 Å². The zero-order valence-corrected chi connectivity index (χ0v) is 18.4. The van der Waals surface area contributed by atoms with Crippen molar-refractivity contribution in [3.05, 3.63) is 23.8 Å². The largest absolute Gasteiger partial charge is 0.486 e. The van der Waals surface area contributed by atoms with Crippen molar-refractivity contribution in [1.29, 1.82) is 0 Å². The van der Waals surface area contributed by atoms with Gasteiger partial charge in [0.05, 0.1) is 6.04 Å². The van der Waals surface area contributed by atoms with E-state index in [0.717, 1.165) is 31.5 Å². The molecule has 2 N–H and O–H groups in total. The van der Waals surface area contributed by atoms with Gasteiger partial charge in [-0.3, -0.25) is 4.79 Å². The Labute approximate surface area is 180 Å². The molecule has 1 aromatic carbocycles. The van der Waals surface area contributed by atoms with E-state index in [-0.39, 0.29) is 11.9 Å². The van der Waals surface area contributed by atoms with Crippen LogP contribution in [0.2, 0.25) is 0 Å². The van der Waals surface area contributed by atoms with Gasteiger partial charge in [-0.2, -0.15) is 0 Å². The highest BCUT2D eigenvalue weighted by Crippen LogP contribution is 2.33. The fraction of sp³-hybridized carbons (Fsp3) is 0.708. The molecule has 2 aliphatic heterocycles. The van der Waals surface area contributed by atoms with Crippen LogP contribution >= 0.6 is 0 Å². The minimum absolute atomic E-state index is 0.0336. The highest BCUT2D eigenvalue weighted by atomic mass is 16.6. The maximum absolute atomic E-state index is 12.6. The number of likely N-dealkylation sites (tertiary alicyclic amines) is 1. The summed E-state index contributed by atoms with van der Waals surface area (Å²) in [6.45, 7) is 5.98. The molecule has 1 amide bonds. The van der Waals surface area contributed by atoms with Crippen LogP contribution in [0.3, 0.4) is 0 Å². The Morgan fingerprint density at radius 3 is 2.53 bits per heavy atom. The summed E-state index contributed by atoms with van der Waals surface area (Å²) in [5.74, 6) is 1.41. The van der Waals surface area contributed by atoms with Crippen molar-refractivity contribution in [3.8, 4) is 11.5 Å². The number of hydrogen-bond acceptors (Lipinski definition) is 5. The number of nitrogens with zero attached hydrogens (tertiary/aromatic N) is 1. The molecule has 1 saturated heterocycles. The van der Waals surface area contributed by atoms with Crippen molar-refractivity contribution < 1.29 is 19.4 Å². The quantitative estimate of drug-likeness (QED) is 0.505. The number of aliphatic hydroxyl groups is 1. The number of fused-ring (bicyclic) bond motifs is 1. The number of nitrogens with one attached hydrogen (secondary N) is 1. The number of hydrogen-bond donors (Lipinski definition) is 2. The van der Waals surface area contributed by atoms with Gasteiger partial charge >= 0.3 is 0 Å². The summed E-state index contributed by atoms with van der Waals surface area (Å²) in [5.41, 5.74) is 0.753. The number of amides is 1. The SMILES string of the molecule is CCCCCCCCC(=O)N[C@H](CN1CCCC1)[C@@H](O)c1ccc2c(c1)OCCO2. The molecule has 0 aliphatic carbocycles. The van der Waals surface area contributed by atoms with Crippen LogP contribution in [0.4, 0.5) is 0 Å². The molecular formula is C24H38N2O4. The first-order chi connectivity index (χ1) is 14.7. The van der Waals surface area contributed by atoms with Gasteiger partial charge in [-0.25, -0.2) is 0 Å². The van der Waals surface area contributed by atoms with E-state index < -0.39 is 6.10 Å². The molecule has 168 valence electrons. The van der Waals surface area contributed by atoms with Gasteiger partial charge in [0, 0.05) is 13.0 Å². The lowest BCUT2D eigenvalue weighted by Crippen LogP contribution is -2.46. The number of benzene rings is 1. The highest BCUT2D eigenvalue weighted by molar-refractivity contribution is 5.76. The summed E-state index contributed by atoms with van der Waals surface area (Å²) in [5, 5.41) is 14.2. The Hall–Kier alpha value is -1.79. The maximum atomic E-state index is 12.6. The van der Waals surface area contributed by atoms with Gasteiger partial charge < -0.3 is 24.8 Å². The molecule has 1 aromatic rings. The predicted molar refractivity (Wildman–Crippen MR) is 118 cm³/mol. The minimum Gasteiger partial charge on any atom is -0.486 e. The standard InChI is InChI=1S/C24H38N2O4/c1-2-3-4-5-6-7-10-23(27)25-20(18-26-13-8-9-14-26)24(28)19-11-12-21-22(17-19)30-16-15-29-21/h11-12,17,20,24,28H,2-10,13-16,18H2,1H3,(H,25,27)/t20-,24+/m1/s1. The second-order valence-electron chi connectivity index (χ2n) is 8.55. The molecule has 3 rings (SSSR count). The Morgan fingerprint density at radius 2 is 1.77 bits per heavy atom. The minimum atomic E-state index is -0.782. The maximum Gasteiger partial charge on any atom is 0.220 e. The molecule has 0 radical (unpaired) electrons. The van der Waals surface area contributed by atoms with Gasteiger partial charge in [0.1, 0.15) is 19.3 Å². The van der Waals surface area contributed by atoms with E-state index in [1.165, 1.54) is 38.5 Å². The number of unbranched alkanes of at least 4 members (excludes halogenated alkanes) is 5. The fourth-order valence-corrected chi connectivity index (χ4v) is 4.29. The van der Waals surface area contributed by atoms with E-state index in [0.29, 0.717) is 37.7 Å². The fourth-order valence-electron chi connectivity index (χ4n) is 4.29. The summed E-state index contributed by atoms with van der Waals surface area (Å²) in [7, 11) is 0. The van der Waals surface area contributed by atoms with Crippen LogP contribution < -0.4 is 14.8 Å². The second-order valence-corrected chi connectivity index (χ2v) is 8.55. The highest BCUT2D eigenvalue weighted by Gasteiger charge is 2.27. The first-order valence-corrected chi connectivity index (χ1v) is 11.8. The first kappa shape index (κ1) is 22.9. The first-order valence-electron chi connectivity index (χ1n) is 11.8. The van der Waals surface area contributed by atoms with E-state index in [2.05, 4.69) is 17.1 Å². The topological polar surface area (TPSA) is 71.0 Å². The van der Waals surface area contributed by atoms with Gasteiger partial charge in [0.2, 0.25) is 5.91 Å². The van der Waals surface area contributed by atoms with Crippen molar-refractivity contribution in [3.63, 3.8) is 0 Å². The third-order valence-corrected chi connectivity index (χ3v) is 6.05. The normalized spacial score (nSPS) is 18.2. The van der Waals surface area contributed by atoms with Gasteiger partial charge in [-0.1, -0.05) is 45.1 Å². The Balaban J connectivity index is 1.57. The molecule has 0 bridgehead atoms. The third-order valence-electron chi connectivity index (χ3n) is 6.05. The molecule has 0 unspecified atom stereocenters. The summed E-state index contributed by atoms with van der Waals surface area (Å²) >= 11 is 0. The number of carbonyl (C=O) groups excluding carboxylic acids is 1. The van der Waals surface area contributed by atoms with Crippen LogP contribution in [0, 0.1) is 0 Å². The lowest BCUT2D eigenvalue weighted by atomic mass is 10.0. The average Bonchev–Trinajstić information content (AvgIpc) is 3.28. The van der Waals surface area contributed by atoms with E-state index in [4.69, 9.17) is 9.47 Å². The van der Waals surface area contributed by atoms with Gasteiger partial charge in [0.25, 0.3) is 0 Å². The van der Waals surface area contributed by atoms with Crippen molar-refractivity contribution in [2.24, 2.45) is 0 Å². The Morgan fingerprint density at radius 1 is 1.07 bits per heavy atom. The van der Waals surface area contributed by atoms with Gasteiger partial charge in [-0.05, 0) is 50.0 Å². The monoisotopic (exact) mass is 418 g/mol. The van der Waals surface area contributed by atoms with E-state index in [1.807, 2.05) is 18.2 Å². The molecule has 6 heteroatoms. The van der Waals surface area contributed by atoms with Gasteiger partial charge in [-0.15, -0.1) is 0 Å². The number of rotatable bonds is 12. The molecule has 2 aliphatic rings. The number of carbonyl (C=O) groups is 1. The van der Waals surface area contributed by atoms with Crippen molar-refractivity contribution >= 4 is 5.91 Å². The molecule has 30 heavy (non-hydrogen) atoms. The Kier molecular flexibility index (Phi) is 9.27. The number of aliphatic hydroxyl groups excluding tert-OH is 1. The van der Waals surface area contributed by atoms with Crippen LogP contribution in [0.5, 0.6) is 11.5 Å². The van der Waals surface area contributed by atoms with Crippen LogP contribution in [0.25, 0.3) is 0 Å². The van der Waals surface area contributed by atoms with Crippen LogP contribution in [0.15, 0.2) is 18.2 Å². The van der Waals surface area contributed by atoms with E-state index in [1.54, 1.807) is 0 Å². The Bertz CT molecular complexity index is 661. The summed E-state index contributed by atoms with van der Waals surface area (Å²) in [4.78, 5) is 14.9. The molecule has 0 saturated carbocycles. The van der Waals surface area contributed by atoms with Crippen LogP contribution in [0.1, 0.15) is 76.4 Å². The van der Waals surface area contributed by atoms with Crippen molar-refractivity contribution in [2.75, 3.05) is 32.8 Å². The average molecular weight is 419 g/mol. The van der Waals surface area contributed by atoms with Gasteiger partial charge in [0.15, 0.2) is 11.5 Å².